The molecular weight excluding hydrogens is 196 g/mol. The van der Waals surface area contributed by atoms with Crippen LogP contribution in [0.1, 0.15) is 11.1 Å². The summed E-state index contributed by atoms with van der Waals surface area (Å²) in [7, 11) is 0. The molecule has 0 radical (unpaired) electrons. The Bertz CT molecular complexity index is 462. The Morgan fingerprint density at radius 3 is 2.67 bits per heavy atom. The van der Waals surface area contributed by atoms with E-state index in [1.54, 1.807) is 6.08 Å². The Morgan fingerprint density at radius 1 is 1.00 bits per heavy atom. The molecule has 1 aromatic rings. The monoisotopic (exact) mass is 204 g/mol. The molecule has 0 atom stereocenters. The summed E-state index contributed by atoms with van der Waals surface area (Å²) < 4.78 is 15.5. The van der Waals surface area contributed by atoms with Crippen LogP contribution in [0.4, 0.5) is 0 Å². The molecule has 0 aliphatic carbocycles. The second-order valence-electron chi connectivity index (χ2n) is 3.35. The highest BCUT2D eigenvalue weighted by Crippen LogP contribution is 2.36. The lowest BCUT2D eigenvalue weighted by Gasteiger charge is -2.05. The highest BCUT2D eigenvalue weighted by molar-refractivity contribution is 5.88. The predicted octanol–water partition coefficient (Wildman–Crippen LogP) is 1.49. The van der Waals surface area contributed by atoms with Gasteiger partial charge in [-0.3, -0.25) is 0 Å². The van der Waals surface area contributed by atoms with E-state index >= 15 is 0 Å². The van der Waals surface area contributed by atoms with Crippen molar-refractivity contribution in [3.63, 3.8) is 0 Å². The van der Waals surface area contributed by atoms with E-state index in [9.17, 15) is 4.79 Å². The Labute approximate surface area is 86.1 Å². The van der Waals surface area contributed by atoms with Gasteiger partial charge in [-0.25, -0.2) is 4.79 Å². The second kappa shape index (κ2) is 3.02. The van der Waals surface area contributed by atoms with Crippen molar-refractivity contribution in [2.24, 2.45) is 0 Å². The third-order valence-electron chi connectivity index (χ3n) is 2.40. The summed E-state index contributed by atoms with van der Waals surface area (Å²) in [5.74, 6) is 1.10. The maximum atomic E-state index is 11.0. The molecule has 76 valence electrons. The number of fused-ring (bicyclic) bond motifs is 2. The van der Waals surface area contributed by atoms with Crippen LogP contribution in [-0.4, -0.2) is 12.8 Å². The summed E-state index contributed by atoms with van der Waals surface area (Å²) in [6, 6.07) is 3.71. The average molecular weight is 204 g/mol. The van der Waals surface area contributed by atoms with Crippen LogP contribution in [0.5, 0.6) is 11.5 Å². The zero-order valence-corrected chi connectivity index (χ0v) is 7.86. The summed E-state index contributed by atoms with van der Waals surface area (Å²) in [6.07, 6.45) is 3.14. The molecule has 1 aromatic carbocycles. The number of carbonyl (C=O) groups is 1. The number of carbonyl (C=O) groups excluding carboxylic acids is 1. The van der Waals surface area contributed by atoms with Crippen molar-refractivity contribution < 1.29 is 19.0 Å². The fraction of sp³-hybridized carbons (Fsp3) is 0.182. The Morgan fingerprint density at radius 2 is 1.80 bits per heavy atom. The van der Waals surface area contributed by atoms with Crippen molar-refractivity contribution in [3.8, 4) is 11.5 Å². The molecule has 0 amide bonds. The molecule has 0 fully saturated rings. The van der Waals surface area contributed by atoms with Gasteiger partial charge in [0.2, 0.25) is 6.79 Å². The van der Waals surface area contributed by atoms with Crippen molar-refractivity contribution in [1.82, 2.24) is 0 Å². The van der Waals surface area contributed by atoms with Crippen molar-refractivity contribution >= 4 is 12.0 Å². The fourth-order valence-electron chi connectivity index (χ4n) is 1.63. The van der Waals surface area contributed by atoms with Crippen LogP contribution in [0.15, 0.2) is 18.2 Å². The van der Waals surface area contributed by atoms with Crippen molar-refractivity contribution in [2.75, 3.05) is 6.79 Å². The predicted molar refractivity (Wildman–Crippen MR) is 51.4 cm³/mol. The second-order valence-corrected chi connectivity index (χ2v) is 3.35. The molecule has 2 heterocycles. The lowest BCUT2D eigenvalue weighted by molar-refractivity contribution is -0.138. The van der Waals surface area contributed by atoms with E-state index in [-0.39, 0.29) is 19.4 Å². The van der Waals surface area contributed by atoms with E-state index in [2.05, 4.69) is 0 Å². The van der Waals surface area contributed by atoms with Gasteiger partial charge in [0.25, 0.3) is 0 Å². The van der Waals surface area contributed by atoms with E-state index in [1.807, 2.05) is 12.1 Å². The van der Waals surface area contributed by atoms with Gasteiger partial charge >= 0.3 is 5.97 Å². The normalized spacial score (nSPS) is 16.9. The zero-order chi connectivity index (χ0) is 10.3. The number of rotatable bonds is 0. The van der Waals surface area contributed by atoms with Gasteiger partial charge in [-0.1, -0.05) is 0 Å². The van der Waals surface area contributed by atoms with Crippen LogP contribution in [0.3, 0.4) is 0 Å². The first kappa shape index (κ1) is 8.35. The first-order chi connectivity index (χ1) is 7.33. The van der Waals surface area contributed by atoms with Crippen LogP contribution in [-0.2, 0) is 16.1 Å². The molecule has 0 N–H and O–H groups in total. The summed E-state index contributed by atoms with van der Waals surface area (Å²) in [5, 5.41) is 0. The van der Waals surface area contributed by atoms with Crippen molar-refractivity contribution in [3.05, 3.63) is 29.3 Å². The topological polar surface area (TPSA) is 44.8 Å². The van der Waals surface area contributed by atoms with Gasteiger partial charge in [0.15, 0.2) is 11.5 Å². The number of esters is 1. The molecule has 0 spiro atoms. The molecule has 3 rings (SSSR count). The lowest BCUT2D eigenvalue weighted by atomic mass is 10.1. The number of ether oxygens (including phenoxy) is 3. The number of cyclic esters (lactones) is 1. The van der Waals surface area contributed by atoms with Crippen LogP contribution < -0.4 is 9.47 Å². The molecule has 0 saturated heterocycles. The smallest absolute Gasteiger partial charge is 0.331 e. The molecule has 2 aliphatic rings. The minimum absolute atomic E-state index is 0.252. The molecule has 4 nitrogen and oxygen atoms in total. The molecule has 0 unspecified atom stereocenters. The summed E-state index contributed by atoms with van der Waals surface area (Å²) >= 11 is 0. The lowest BCUT2D eigenvalue weighted by Crippen LogP contribution is -1.98. The molecular formula is C11H8O4. The molecule has 0 bridgehead atoms. The van der Waals surface area contributed by atoms with Crippen LogP contribution in [0.2, 0.25) is 0 Å². The van der Waals surface area contributed by atoms with Crippen molar-refractivity contribution in [1.29, 1.82) is 0 Å². The first-order valence-electron chi connectivity index (χ1n) is 4.60. The van der Waals surface area contributed by atoms with Crippen LogP contribution >= 0.6 is 0 Å². The van der Waals surface area contributed by atoms with Crippen LogP contribution in [0, 0.1) is 0 Å². The van der Waals surface area contributed by atoms with E-state index in [0.717, 1.165) is 11.1 Å². The maximum Gasteiger partial charge on any atom is 0.331 e. The van der Waals surface area contributed by atoms with Crippen molar-refractivity contribution in [2.45, 2.75) is 6.61 Å². The highest BCUT2D eigenvalue weighted by atomic mass is 16.7. The van der Waals surface area contributed by atoms with Gasteiger partial charge in [0.05, 0.1) is 0 Å². The molecule has 4 heteroatoms. The molecule has 15 heavy (non-hydrogen) atoms. The summed E-state index contributed by atoms with van der Waals surface area (Å²) in [6.45, 7) is 0.527. The van der Waals surface area contributed by atoms with Gasteiger partial charge in [-0.05, 0) is 23.8 Å². The minimum atomic E-state index is -0.326. The fourth-order valence-corrected chi connectivity index (χ4v) is 1.63. The standard InChI is InChI=1S/C11H8O4/c12-11-2-1-7-3-9-10(15-6-14-9)4-8(7)5-13-11/h1-4H,5-6H2. The average Bonchev–Trinajstić information content (AvgIpc) is 2.61. The Kier molecular flexibility index (Phi) is 1.68. The first-order valence-corrected chi connectivity index (χ1v) is 4.60. The van der Waals surface area contributed by atoms with Gasteiger partial charge in [0, 0.05) is 11.6 Å². The van der Waals surface area contributed by atoms with Gasteiger partial charge < -0.3 is 14.2 Å². The SMILES string of the molecule is O=C1C=Cc2cc3c(cc2CO1)OCO3. The molecule has 0 saturated carbocycles. The number of benzene rings is 1. The number of hydrogen-bond donors (Lipinski definition) is 0. The summed E-state index contributed by atoms with van der Waals surface area (Å²) in [5.41, 5.74) is 1.87. The zero-order valence-electron chi connectivity index (χ0n) is 7.86. The van der Waals surface area contributed by atoms with E-state index in [0.29, 0.717) is 11.5 Å². The largest absolute Gasteiger partial charge is 0.458 e. The van der Waals surface area contributed by atoms with Gasteiger partial charge in [-0.2, -0.15) is 0 Å². The van der Waals surface area contributed by atoms with Crippen LogP contribution in [0.25, 0.3) is 6.08 Å². The van der Waals surface area contributed by atoms with E-state index < -0.39 is 0 Å². The highest BCUT2D eigenvalue weighted by Gasteiger charge is 2.18. The third-order valence-corrected chi connectivity index (χ3v) is 2.40. The maximum absolute atomic E-state index is 11.0. The van der Waals surface area contributed by atoms with Gasteiger partial charge in [-0.15, -0.1) is 0 Å². The van der Waals surface area contributed by atoms with E-state index in [4.69, 9.17) is 14.2 Å². The molecule has 0 aromatic heterocycles. The third kappa shape index (κ3) is 1.34. The number of hydrogen-bond acceptors (Lipinski definition) is 4. The molecule has 2 aliphatic heterocycles. The summed E-state index contributed by atoms with van der Waals surface area (Å²) in [4.78, 5) is 11.0. The Balaban J connectivity index is 2.11. The quantitative estimate of drug-likeness (QED) is 0.600. The van der Waals surface area contributed by atoms with E-state index in [1.165, 1.54) is 6.08 Å². The Hall–Kier alpha value is -1.97. The minimum Gasteiger partial charge on any atom is -0.458 e. The van der Waals surface area contributed by atoms with Gasteiger partial charge in [0.1, 0.15) is 6.61 Å².